The summed E-state index contributed by atoms with van der Waals surface area (Å²) < 4.78 is 6.18. The predicted molar refractivity (Wildman–Crippen MR) is 96.6 cm³/mol. The maximum atomic E-state index is 10.8. The molecule has 1 N–H and O–H groups in total. The zero-order valence-electron chi connectivity index (χ0n) is 13.8. The lowest BCUT2D eigenvalue weighted by molar-refractivity contribution is -0.384. The quantitative estimate of drug-likeness (QED) is 0.548. The predicted octanol–water partition coefficient (Wildman–Crippen LogP) is 4.88. The van der Waals surface area contributed by atoms with Gasteiger partial charge in [0.15, 0.2) is 6.23 Å². The van der Waals surface area contributed by atoms with E-state index in [9.17, 15) is 10.1 Å². The maximum absolute atomic E-state index is 10.8. The highest BCUT2D eigenvalue weighted by Gasteiger charge is 2.29. The van der Waals surface area contributed by atoms with Crippen molar-refractivity contribution in [1.29, 1.82) is 0 Å². The molecule has 0 fully saturated rings. The van der Waals surface area contributed by atoms with E-state index in [1.807, 2.05) is 18.2 Å². The van der Waals surface area contributed by atoms with Crippen LogP contribution >= 0.6 is 0 Å². The number of non-ortho nitro benzene ring substituents is 1. The molecule has 2 atom stereocenters. The molecule has 126 valence electrons. The van der Waals surface area contributed by atoms with E-state index >= 15 is 0 Å². The van der Waals surface area contributed by atoms with Crippen molar-refractivity contribution >= 4 is 16.5 Å². The van der Waals surface area contributed by atoms with Gasteiger partial charge < -0.3 is 4.74 Å². The molecule has 3 aromatic rings. The van der Waals surface area contributed by atoms with Crippen molar-refractivity contribution in [1.82, 2.24) is 5.32 Å². The number of ether oxygens (including phenoxy) is 1. The molecule has 0 aromatic heterocycles. The summed E-state index contributed by atoms with van der Waals surface area (Å²) in [5.41, 5.74) is 2.14. The average molecular weight is 334 g/mol. The van der Waals surface area contributed by atoms with E-state index in [0.29, 0.717) is 0 Å². The van der Waals surface area contributed by atoms with Gasteiger partial charge in [0.25, 0.3) is 5.69 Å². The topological polar surface area (TPSA) is 64.4 Å². The van der Waals surface area contributed by atoms with Gasteiger partial charge in [-0.05, 0) is 35.4 Å². The van der Waals surface area contributed by atoms with Crippen molar-refractivity contribution in [3.8, 4) is 5.75 Å². The lowest BCUT2D eigenvalue weighted by atomic mass is 9.94. The van der Waals surface area contributed by atoms with Gasteiger partial charge in [-0.25, -0.2) is 0 Å². The second-order valence-corrected chi connectivity index (χ2v) is 6.17. The molecule has 5 nitrogen and oxygen atoms in total. The molecule has 0 spiro atoms. The molecule has 0 amide bonds. The van der Waals surface area contributed by atoms with Crippen molar-refractivity contribution < 1.29 is 9.66 Å². The summed E-state index contributed by atoms with van der Waals surface area (Å²) >= 11 is 0. The molecule has 5 heteroatoms. The molecular formula is C20H18N2O3. The van der Waals surface area contributed by atoms with E-state index < -0.39 is 4.92 Å². The standard InChI is InChI=1S/C20H18N2O3/c1-2-17-19-16-6-4-3-5-13(16)9-12-18(19)25-20(21-17)14-7-10-15(11-8-14)22(23)24/h3-12,17,20-21H,2H2,1H3. The van der Waals surface area contributed by atoms with Crippen molar-refractivity contribution in [3.63, 3.8) is 0 Å². The summed E-state index contributed by atoms with van der Waals surface area (Å²) in [5.74, 6) is 0.868. The van der Waals surface area contributed by atoms with Crippen LogP contribution in [-0.4, -0.2) is 4.92 Å². The van der Waals surface area contributed by atoms with Crippen molar-refractivity contribution in [2.24, 2.45) is 0 Å². The minimum absolute atomic E-state index is 0.0815. The Kier molecular flexibility index (Phi) is 3.86. The SMILES string of the molecule is CCC1NC(c2ccc([N+](=O)[O-])cc2)Oc2ccc3ccccc3c21. The number of nitro benzene ring substituents is 1. The van der Waals surface area contributed by atoms with Gasteiger partial charge in [-0.1, -0.05) is 37.3 Å². The molecule has 0 saturated carbocycles. The molecule has 4 rings (SSSR count). The Morgan fingerprint density at radius 1 is 1.08 bits per heavy atom. The lowest BCUT2D eigenvalue weighted by Crippen LogP contribution is -2.34. The third kappa shape index (κ3) is 2.72. The number of nitro groups is 1. The van der Waals surface area contributed by atoms with Gasteiger partial charge in [-0.2, -0.15) is 0 Å². The highest BCUT2D eigenvalue weighted by Crippen LogP contribution is 2.41. The van der Waals surface area contributed by atoms with Crippen molar-refractivity contribution in [3.05, 3.63) is 81.9 Å². The Bertz CT molecular complexity index is 937. The van der Waals surface area contributed by atoms with Crippen LogP contribution in [0, 0.1) is 10.1 Å². The first-order chi connectivity index (χ1) is 12.2. The molecule has 2 unspecified atom stereocenters. The number of hydrogen-bond acceptors (Lipinski definition) is 4. The Morgan fingerprint density at radius 2 is 1.84 bits per heavy atom. The van der Waals surface area contributed by atoms with Crippen LogP contribution in [0.2, 0.25) is 0 Å². The van der Waals surface area contributed by atoms with Gasteiger partial charge in [-0.15, -0.1) is 0 Å². The summed E-state index contributed by atoms with van der Waals surface area (Å²) in [4.78, 5) is 10.4. The Hall–Kier alpha value is -2.92. The number of rotatable bonds is 3. The smallest absolute Gasteiger partial charge is 0.269 e. The third-order valence-electron chi connectivity index (χ3n) is 4.69. The fourth-order valence-electron chi connectivity index (χ4n) is 3.42. The van der Waals surface area contributed by atoms with Crippen LogP contribution in [0.15, 0.2) is 60.7 Å². The van der Waals surface area contributed by atoms with E-state index in [0.717, 1.165) is 17.7 Å². The number of nitrogens with one attached hydrogen (secondary N) is 1. The van der Waals surface area contributed by atoms with E-state index in [-0.39, 0.29) is 18.0 Å². The fourth-order valence-corrected chi connectivity index (χ4v) is 3.42. The van der Waals surface area contributed by atoms with Gasteiger partial charge in [0, 0.05) is 29.3 Å². The molecule has 25 heavy (non-hydrogen) atoms. The van der Waals surface area contributed by atoms with Crippen LogP contribution < -0.4 is 10.1 Å². The first-order valence-electron chi connectivity index (χ1n) is 8.36. The van der Waals surface area contributed by atoms with Gasteiger partial charge in [-0.3, -0.25) is 15.4 Å². The van der Waals surface area contributed by atoms with Crippen molar-refractivity contribution in [2.45, 2.75) is 25.6 Å². The second kappa shape index (κ2) is 6.18. The molecule has 1 heterocycles. The number of nitrogens with zero attached hydrogens (tertiary/aromatic N) is 1. The maximum Gasteiger partial charge on any atom is 0.269 e. The normalized spacial score (nSPS) is 19.2. The van der Waals surface area contributed by atoms with E-state index in [1.165, 1.54) is 28.5 Å². The zero-order chi connectivity index (χ0) is 17.4. The second-order valence-electron chi connectivity index (χ2n) is 6.17. The lowest BCUT2D eigenvalue weighted by Gasteiger charge is -2.34. The van der Waals surface area contributed by atoms with Crippen LogP contribution in [0.3, 0.4) is 0 Å². The summed E-state index contributed by atoms with van der Waals surface area (Å²) in [6.07, 6.45) is 0.604. The minimum atomic E-state index is -0.394. The summed E-state index contributed by atoms with van der Waals surface area (Å²) in [6.45, 7) is 2.14. The number of fused-ring (bicyclic) bond motifs is 3. The summed E-state index contributed by atoms with van der Waals surface area (Å²) in [6, 6.07) is 19.1. The first kappa shape index (κ1) is 15.6. The molecule has 0 bridgehead atoms. The summed E-state index contributed by atoms with van der Waals surface area (Å²) in [7, 11) is 0. The minimum Gasteiger partial charge on any atom is -0.471 e. The van der Waals surface area contributed by atoms with Crippen LogP contribution in [0.5, 0.6) is 5.75 Å². The molecule has 0 saturated heterocycles. The molecule has 0 radical (unpaired) electrons. The Balaban J connectivity index is 1.74. The highest BCUT2D eigenvalue weighted by atomic mass is 16.6. The van der Waals surface area contributed by atoms with Gasteiger partial charge in [0.05, 0.1) is 4.92 Å². The Morgan fingerprint density at radius 3 is 2.56 bits per heavy atom. The van der Waals surface area contributed by atoms with Crippen molar-refractivity contribution in [2.75, 3.05) is 0 Å². The van der Waals surface area contributed by atoms with E-state index in [1.54, 1.807) is 12.1 Å². The zero-order valence-corrected chi connectivity index (χ0v) is 13.8. The molecule has 1 aliphatic rings. The van der Waals surface area contributed by atoms with Crippen LogP contribution in [0.1, 0.15) is 36.7 Å². The van der Waals surface area contributed by atoms with Crippen LogP contribution in [0.4, 0.5) is 5.69 Å². The van der Waals surface area contributed by atoms with Gasteiger partial charge in [0.1, 0.15) is 5.75 Å². The van der Waals surface area contributed by atoms with Crippen LogP contribution in [-0.2, 0) is 0 Å². The summed E-state index contributed by atoms with van der Waals surface area (Å²) in [5, 5.41) is 16.7. The third-order valence-corrected chi connectivity index (χ3v) is 4.69. The van der Waals surface area contributed by atoms with E-state index in [2.05, 4.69) is 30.4 Å². The van der Waals surface area contributed by atoms with Crippen LogP contribution in [0.25, 0.3) is 10.8 Å². The molecule has 3 aromatic carbocycles. The Labute approximate surface area is 145 Å². The first-order valence-corrected chi connectivity index (χ1v) is 8.36. The molecule has 0 aliphatic carbocycles. The fraction of sp³-hybridized carbons (Fsp3) is 0.200. The van der Waals surface area contributed by atoms with Gasteiger partial charge >= 0.3 is 0 Å². The largest absolute Gasteiger partial charge is 0.471 e. The van der Waals surface area contributed by atoms with Gasteiger partial charge in [0.2, 0.25) is 0 Å². The number of hydrogen-bond donors (Lipinski definition) is 1. The monoisotopic (exact) mass is 334 g/mol. The van der Waals surface area contributed by atoms with E-state index in [4.69, 9.17) is 4.74 Å². The highest BCUT2D eigenvalue weighted by molar-refractivity contribution is 5.88. The molecular weight excluding hydrogens is 316 g/mol. The molecule has 1 aliphatic heterocycles. The number of benzene rings is 3. The average Bonchev–Trinajstić information content (AvgIpc) is 2.66.